The number of rotatable bonds is 0. The third-order valence-corrected chi connectivity index (χ3v) is 2.41. The topological polar surface area (TPSA) is 3.24 Å². The van der Waals surface area contributed by atoms with Gasteiger partial charge < -0.3 is 4.90 Å². The highest BCUT2D eigenvalue weighted by Crippen LogP contribution is 2.28. The molecule has 0 N–H and O–H groups in total. The van der Waals surface area contributed by atoms with E-state index in [1.807, 2.05) is 12.1 Å². The molecular weight excluding hydrogens is 193 g/mol. The van der Waals surface area contributed by atoms with Crippen LogP contribution in [0.1, 0.15) is 5.56 Å². The van der Waals surface area contributed by atoms with Crippen molar-refractivity contribution in [3.8, 4) is 0 Å². The molecule has 0 aromatic heterocycles. The molecule has 2 rings (SSSR count). The Morgan fingerprint density at radius 1 is 1.42 bits per heavy atom. The smallest absolute Gasteiger partial charge is 0.0426 e. The quantitative estimate of drug-likeness (QED) is 0.628. The van der Waals surface area contributed by atoms with Gasteiger partial charge in [0, 0.05) is 24.3 Å². The van der Waals surface area contributed by atoms with E-state index in [-0.39, 0.29) is 12.4 Å². The van der Waals surface area contributed by atoms with Gasteiger partial charge in [-0.05, 0) is 24.1 Å². The van der Waals surface area contributed by atoms with E-state index in [0.29, 0.717) is 0 Å². The fourth-order valence-electron chi connectivity index (χ4n) is 1.51. The summed E-state index contributed by atoms with van der Waals surface area (Å²) in [6, 6.07) is 6.10. The van der Waals surface area contributed by atoms with Gasteiger partial charge in [-0.3, -0.25) is 0 Å². The van der Waals surface area contributed by atoms with Crippen LogP contribution in [0.15, 0.2) is 18.2 Å². The summed E-state index contributed by atoms with van der Waals surface area (Å²) in [5.74, 6) is 0. The van der Waals surface area contributed by atoms with Crippen LogP contribution < -0.4 is 4.90 Å². The third kappa shape index (κ3) is 1.52. The Kier molecular flexibility index (Phi) is 2.86. The normalized spacial score (nSPS) is 14.0. The van der Waals surface area contributed by atoms with Crippen LogP contribution in [0.3, 0.4) is 0 Å². The summed E-state index contributed by atoms with van der Waals surface area (Å²) in [6.45, 7) is 1.12. The first-order valence-corrected chi connectivity index (χ1v) is 4.15. The van der Waals surface area contributed by atoms with Crippen LogP contribution in [0.25, 0.3) is 0 Å². The van der Waals surface area contributed by atoms with E-state index >= 15 is 0 Å². The molecule has 0 bridgehead atoms. The molecule has 0 spiro atoms. The maximum atomic E-state index is 5.86. The summed E-state index contributed by atoms with van der Waals surface area (Å²) >= 11 is 5.86. The number of hydrogen-bond donors (Lipinski definition) is 0. The lowest BCUT2D eigenvalue weighted by molar-refractivity contribution is 0.956. The minimum Gasteiger partial charge on any atom is -0.374 e. The van der Waals surface area contributed by atoms with Crippen molar-refractivity contribution in [3.63, 3.8) is 0 Å². The predicted octanol–water partition coefficient (Wildman–Crippen LogP) is 2.75. The van der Waals surface area contributed by atoms with Gasteiger partial charge in [-0.25, -0.2) is 0 Å². The highest BCUT2D eigenvalue weighted by molar-refractivity contribution is 6.30. The zero-order valence-electron chi connectivity index (χ0n) is 6.88. The molecule has 0 aliphatic carbocycles. The van der Waals surface area contributed by atoms with Gasteiger partial charge >= 0.3 is 0 Å². The lowest BCUT2D eigenvalue weighted by atomic mass is 10.2. The fraction of sp³-hybridized carbons (Fsp3) is 0.333. The SMILES string of the molecule is CN1CCc2ccc(Cl)cc21.Cl. The van der Waals surface area contributed by atoms with Gasteiger partial charge in [-0.1, -0.05) is 17.7 Å². The van der Waals surface area contributed by atoms with Crippen LogP contribution in [0, 0.1) is 0 Å². The molecule has 0 saturated heterocycles. The van der Waals surface area contributed by atoms with Crippen molar-refractivity contribution in [2.45, 2.75) is 6.42 Å². The summed E-state index contributed by atoms with van der Waals surface area (Å²) in [4.78, 5) is 2.24. The Hall–Kier alpha value is -0.400. The maximum Gasteiger partial charge on any atom is 0.0426 e. The Bertz CT molecular complexity index is 286. The zero-order valence-corrected chi connectivity index (χ0v) is 8.45. The van der Waals surface area contributed by atoms with Gasteiger partial charge in [-0.15, -0.1) is 12.4 Å². The van der Waals surface area contributed by atoms with E-state index in [9.17, 15) is 0 Å². The second-order valence-electron chi connectivity index (χ2n) is 2.94. The highest BCUT2D eigenvalue weighted by atomic mass is 35.5. The second kappa shape index (κ2) is 3.55. The van der Waals surface area contributed by atoms with Crippen molar-refractivity contribution in [2.75, 3.05) is 18.5 Å². The van der Waals surface area contributed by atoms with Crippen LogP contribution in [0.5, 0.6) is 0 Å². The molecule has 0 radical (unpaired) electrons. The minimum atomic E-state index is 0. The lowest BCUT2D eigenvalue weighted by Crippen LogP contribution is -2.12. The van der Waals surface area contributed by atoms with Gasteiger partial charge in [0.2, 0.25) is 0 Å². The molecular formula is C9H11Cl2N. The van der Waals surface area contributed by atoms with Crippen molar-refractivity contribution < 1.29 is 0 Å². The Morgan fingerprint density at radius 2 is 2.17 bits per heavy atom. The molecule has 0 fully saturated rings. The average Bonchev–Trinajstić information content (AvgIpc) is 2.33. The van der Waals surface area contributed by atoms with Crippen molar-refractivity contribution in [1.29, 1.82) is 0 Å². The summed E-state index contributed by atoms with van der Waals surface area (Å²) in [7, 11) is 2.10. The Balaban J connectivity index is 0.000000720. The first-order chi connectivity index (χ1) is 5.27. The van der Waals surface area contributed by atoms with E-state index in [4.69, 9.17) is 11.6 Å². The van der Waals surface area contributed by atoms with Crippen LogP contribution in [-0.2, 0) is 6.42 Å². The average molecular weight is 204 g/mol. The standard InChI is InChI=1S/C9H10ClN.ClH/c1-11-5-4-7-2-3-8(10)6-9(7)11;/h2-3,6H,4-5H2,1H3;1H. The first kappa shape index (κ1) is 9.69. The van der Waals surface area contributed by atoms with E-state index in [1.54, 1.807) is 0 Å². The summed E-state index contributed by atoms with van der Waals surface area (Å²) < 4.78 is 0. The van der Waals surface area contributed by atoms with Crippen LogP contribution in [-0.4, -0.2) is 13.6 Å². The van der Waals surface area contributed by atoms with Gasteiger partial charge in [0.1, 0.15) is 0 Å². The molecule has 12 heavy (non-hydrogen) atoms. The molecule has 1 heterocycles. The summed E-state index contributed by atoms with van der Waals surface area (Å²) in [5, 5.41) is 0.831. The molecule has 3 heteroatoms. The molecule has 1 aliphatic heterocycles. The summed E-state index contributed by atoms with van der Waals surface area (Å²) in [6.07, 6.45) is 1.16. The molecule has 66 valence electrons. The largest absolute Gasteiger partial charge is 0.374 e. The zero-order chi connectivity index (χ0) is 7.84. The van der Waals surface area contributed by atoms with Gasteiger partial charge in [0.05, 0.1) is 0 Å². The van der Waals surface area contributed by atoms with Crippen LogP contribution >= 0.6 is 24.0 Å². The van der Waals surface area contributed by atoms with Gasteiger partial charge in [-0.2, -0.15) is 0 Å². The highest BCUT2D eigenvalue weighted by Gasteiger charge is 2.14. The molecule has 1 aromatic carbocycles. The molecule has 0 amide bonds. The number of hydrogen-bond acceptors (Lipinski definition) is 1. The number of anilines is 1. The Labute approximate surface area is 83.7 Å². The van der Waals surface area contributed by atoms with E-state index in [0.717, 1.165) is 18.0 Å². The monoisotopic (exact) mass is 203 g/mol. The number of benzene rings is 1. The molecule has 0 saturated carbocycles. The van der Waals surface area contributed by atoms with Gasteiger partial charge in [0.25, 0.3) is 0 Å². The Morgan fingerprint density at radius 3 is 2.92 bits per heavy atom. The number of fused-ring (bicyclic) bond motifs is 1. The number of nitrogens with zero attached hydrogens (tertiary/aromatic N) is 1. The van der Waals surface area contributed by atoms with Crippen molar-refractivity contribution in [2.24, 2.45) is 0 Å². The van der Waals surface area contributed by atoms with Crippen molar-refractivity contribution in [3.05, 3.63) is 28.8 Å². The number of likely N-dealkylation sites (N-methyl/N-ethyl adjacent to an activating group) is 1. The first-order valence-electron chi connectivity index (χ1n) is 3.77. The van der Waals surface area contributed by atoms with Gasteiger partial charge in [0.15, 0.2) is 0 Å². The lowest BCUT2D eigenvalue weighted by Gasteiger charge is -2.11. The maximum absolute atomic E-state index is 5.86. The van der Waals surface area contributed by atoms with Crippen molar-refractivity contribution >= 4 is 29.7 Å². The third-order valence-electron chi connectivity index (χ3n) is 2.18. The molecule has 0 atom stereocenters. The second-order valence-corrected chi connectivity index (χ2v) is 3.38. The number of halogens is 2. The van der Waals surface area contributed by atoms with E-state index in [1.165, 1.54) is 11.3 Å². The van der Waals surface area contributed by atoms with Crippen molar-refractivity contribution in [1.82, 2.24) is 0 Å². The molecule has 1 nitrogen and oxygen atoms in total. The molecule has 0 unspecified atom stereocenters. The van der Waals surface area contributed by atoms with E-state index in [2.05, 4.69) is 18.0 Å². The van der Waals surface area contributed by atoms with E-state index < -0.39 is 0 Å². The predicted molar refractivity (Wildman–Crippen MR) is 55.7 cm³/mol. The fourth-order valence-corrected chi connectivity index (χ4v) is 1.68. The molecule has 1 aromatic rings. The van der Waals surface area contributed by atoms with Crippen LogP contribution in [0.2, 0.25) is 5.02 Å². The summed E-state index contributed by atoms with van der Waals surface area (Å²) in [5.41, 5.74) is 2.70. The molecule has 1 aliphatic rings. The van der Waals surface area contributed by atoms with Crippen LogP contribution in [0.4, 0.5) is 5.69 Å². The minimum absolute atomic E-state index is 0.